The Morgan fingerprint density at radius 2 is 0.571 bits per heavy atom. The monoisotopic (exact) mass is 151 g/mol. The molecular formula is C6H15Zn-. The Kier molecular flexibility index (Phi) is 1960. The van der Waals surface area contributed by atoms with E-state index in [0.717, 1.165) is 0 Å². The van der Waals surface area contributed by atoms with E-state index in [1.165, 1.54) is 0 Å². The van der Waals surface area contributed by atoms with Gasteiger partial charge in [0.15, 0.2) is 0 Å². The van der Waals surface area contributed by atoms with Crippen molar-refractivity contribution in [1.29, 1.82) is 0 Å². The first-order valence-electron chi connectivity index (χ1n) is 2.12. The molecule has 42 valence electrons. The summed E-state index contributed by atoms with van der Waals surface area (Å²) < 4.78 is 0. The fourth-order valence-corrected chi connectivity index (χ4v) is 0. The van der Waals surface area contributed by atoms with Crippen molar-refractivity contribution in [2.75, 3.05) is 0 Å². The molecule has 0 bridgehead atoms. The predicted molar refractivity (Wildman–Crippen MR) is 33.1 cm³/mol. The Labute approximate surface area is 61.5 Å². The van der Waals surface area contributed by atoms with Crippen LogP contribution in [-0.2, 0) is 19.5 Å². The molecule has 0 unspecified atom stereocenters. The molecule has 0 saturated carbocycles. The first kappa shape index (κ1) is 25.5. The van der Waals surface area contributed by atoms with Crippen LogP contribution in [-0.4, -0.2) is 0 Å². The molecule has 0 aromatic carbocycles. The number of rotatable bonds is 0. The third kappa shape index (κ3) is 364. The second-order valence-electron chi connectivity index (χ2n) is 0. The van der Waals surface area contributed by atoms with Crippen LogP contribution in [0.15, 0.2) is 0 Å². The first-order valence-corrected chi connectivity index (χ1v) is 2.12. The first-order chi connectivity index (χ1) is 3.00. The summed E-state index contributed by atoms with van der Waals surface area (Å²) in [6.07, 6.45) is 0. The van der Waals surface area contributed by atoms with Crippen molar-refractivity contribution in [3.8, 4) is 0 Å². The molecule has 0 fully saturated rings. The van der Waals surface area contributed by atoms with Gasteiger partial charge in [0.1, 0.15) is 0 Å². The van der Waals surface area contributed by atoms with Crippen LogP contribution in [0.4, 0.5) is 0 Å². The average Bonchev–Trinajstić information content (AvgIpc) is 1.81. The molecule has 0 nitrogen and oxygen atoms in total. The van der Waals surface area contributed by atoms with Gasteiger partial charge in [0.2, 0.25) is 0 Å². The molecule has 0 aliphatic carbocycles. The maximum atomic E-state index is 3.25. The van der Waals surface area contributed by atoms with Crippen LogP contribution in [0.5, 0.6) is 0 Å². The fraction of sp³-hybridized carbons (Fsp3) is 0.500. The third-order valence-corrected chi connectivity index (χ3v) is 0. The molecule has 0 spiro atoms. The third-order valence-electron chi connectivity index (χ3n) is 0. The second kappa shape index (κ2) is 539. The van der Waals surface area contributed by atoms with E-state index in [0.29, 0.717) is 0 Å². The topological polar surface area (TPSA) is 0 Å². The van der Waals surface area contributed by atoms with Gasteiger partial charge in [-0.3, -0.25) is 0 Å². The Hall–Kier alpha value is 0.623. The minimum Gasteiger partial charge on any atom is -0.346 e. The van der Waals surface area contributed by atoms with Crippen LogP contribution < -0.4 is 0 Å². The van der Waals surface area contributed by atoms with E-state index in [4.69, 9.17) is 0 Å². The summed E-state index contributed by atoms with van der Waals surface area (Å²) in [6.45, 7) is 15.0. The van der Waals surface area contributed by atoms with Gasteiger partial charge in [0.05, 0.1) is 0 Å². The van der Waals surface area contributed by atoms with Crippen LogP contribution >= 0.6 is 0 Å². The summed E-state index contributed by atoms with van der Waals surface area (Å²) in [7, 11) is 0. The molecule has 0 radical (unpaired) electrons. The van der Waals surface area contributed by atoms with Crippen LogP contribution in [0.1, 0.15) is 20.8 Å². The smallest absolute Gasteiger partial charge is 0.346 e. The summed E-state index contributed by atoms with van der Waals surface area (Å²) in [5.41, 5.74) is 0. The average molecular weight is 153 g/mol. The molecule has 0 rings (SSSR count). The van der Waals surface area contributed by atoms with Crippen LogP contribution in [0, 0.1) is 20.8 Å². The summed E-state index contributed by atoms with van der Waals surface area (Å²) in [5, 5.41) is 0. The molecule has 0 aliphatic rings. The van der Waals surface area contributed by atoms with Gasteiger partial charge in [-0.25, -0.2) is 0 Å². The summed E-state index contributed by atoms with van der Waals surface area (Å²) >= 11 is 0. The van der Waals surface area contributed by atoms with Gasteiger partial charge < -0.3 is 20.8 Å². The van der Waals surface area contributed by atoms with Crippen molar-refractivity contribution < 1.29 is 19.5 Å². The van der Waals surface area contributed by atoms with E-state index in [-0.39, 0.29) is 19.5 Å². The van der Waals surface area contributed by atoms with E-state index in [2.05, 4.69) is 20.8 Å². The van der Waals surface area contributed by atoms with Gasteiger partial charge in [-0.05, 0) is 0 Å². The fourth-order valence-electron chi connectivity index (χ4n) is 0. The van der Waals surface area contributed by atoms with Gasteiger partial charge in [0.25, 0.3) is 0 Å². The maximum absolute atomic E-state index is 3.25. The normalized spacial score (nSPS) is 2.57. The molecule has 0 N–H and O–H groups in total. The van der Waals surface area contributed by atoms with Crippen molar-refractivity contribution in [3.05, 3.63) is 20.8 Å². The van der Waals surface area contributed by atoms with Gasteiger partial charge in [-0.15, -0.1) is 0 Å². The Morgan fingerprint density at radius 1 is 0.571 bits per heavy atom. The van der Waals surface area contributed by atoms with Crippen molar-refractivity contribution in [2.45, 2.75) is 20.8 Å². The molecule has 0 atom stereocenters. The second-order valence-corrected chi connectivity index (χ2v) is 0. The summed E-state index contributed by atoms with van der Waals surface area (Å²) in [6, 6.07) is 0. The van der Waals surface area contributed by atoms with Gasteiger partial charge >= 0.3 is 19.5 Å². The number of hydrogen-bond acceptors (Lipinski definition) is 0. The molecule has 0 saturated heterocycles. The molecule has 1 heteroatoms. The van der Waals surface area contributed by atoms with Crippen molar-refractivity contribution in [1.82, 2.24) is 0 Å². The van der Waals surface area contributed by atoms with Crippen LogP contribution in [0.25, 0.3) is 0 Å². The van der Waals surface area contributed by atoms with Crippen molar-refractivity contribution >= 4 is 0 Å². The summed E-state index contributed by atoms with van der Waals surface area (Å²) in [4.78, 5) is 0. The van der Waals surface area contributed by atoms with E-state index in [1.54, 1.807) is 20.8 Å². The zero-order chi connectivity index (χ0) is 6.00. The molecule has 0 heterocycles. The van der Waals surface area contributed by atoms with E-state index in [1.807, 2.05) is 0 Å². The predicted octanol–water partition coefficient (Wildman–Crippen LogP) is 2.52. The molecule has 0 amide bonds. The van der Waals surface area contributed by atoms with E-state index < -0.39 is 0 Å². The molecule has 0 aliphatic heterocycles. The Bertz CT molecular complexity index is 4.14. The molecular weight excluding hydrogens is 137 g/mol. The molecule has 0 aromatic rings. The minimum atomic E-state index is 0. The van der Waals surface area contributed by atoms with Crippen LogP contribution in [0.3, 0.4) is 0 Å². The number of hydrogen-bond donors (Lipinski definition) is 0. The van der Waals surface area contributed by atoms with E-state index >= 15 is 0 Å². The summed E-state index contributed by atoms with van der Waals surface area (Å²) in [5.74, 6) is 0. The molecule has 7 heavy (non-hydrogen) atoms. The van der Waals surface area contributed by atoms with Gasteiger partial charge in [-0.2, -0.15) is 20.8 Å². The zero-order valence-electron chi connectivity index (χ0n) is 5.83. The standard InChI is InChI=1S/3C2H5.Zn/c3*1-2;/h3*1H2,2H3;/q3*-1;+2. The largest absolute Gasteiger partial charge is 2.00 e. The van der Waals surface area contributed by atoms with E-state index in [9.17, 15) is 0 Å². The van der Waals surface area contributed by atoms with Crippen LogP contribution in [0.2, 0.25) is 0 Å². The minimum absolute atomic E-state index is 0. The Morgan fingerprint density at radius 3 is 0.571 bits per heavy atom. The van der Waals surface area contributed by atoms with Gasteiger partial charge in [0, 0.05) is 0 Å². The van der Waals surface area contributed by atoms with Gasteiger partial charge in [-0.1, -0.05) is 0 Å². The maximum Gasteiger partial charge on any atom is 2.00 e. The SMILES string of the molecule is [CH2-]C.[CH2-]C.[CH2-]C.[Zn+2]. The zero-order valence-corrected chi connectivity index (χ0v) is 8.80. The quantitative estimate of drug-likeness (QED) is 0.370. The molecule has 0 aromatic heterocycles. The Balaban J connectivity index is -0.00000000900. The van der Waals surface area contributed by atoms with Crippen molar-refractivity contribution in [2.24, 2.45) is 0 Å². The van der Waals surface area contributed by atoms with Crippen molar-refractivity contribution in [3.63, 3.8) is 0 Å².